The van der Waals surface area contributed by atoms with Crippen molar-refractivity contribution in [1.82, 2.24) is 4.98 Å². The summed E-state index contributed by atoms with van der Waals surface area (Å²) in [4.78, 5) is 3.76. The van der Waals surface area contributed by atoms with E-state index in [1.165, 1.54) is 12.1 Å². The van der Waals surface area contributed by atoms with Crippen LogP contribution >= 0.6 is 0 Å². The number of hydrogen-bond donors (Lipinski definition) is 1. The van der Waals surface area contributed by atoms with Gasteiger partial charge in [-0.15, -0.1) is 0 Å². The summed E-state index contributed by atoms with van der Waals surface area (Å²) in [5.74, 6) is 4.63. The van der Waals surface area contributed by atoms with Crippen molar-refractivity contribution in [2.45, 2.75) is 6.92 Å². The molecule has 0 fully saturated rings. The highest BCUT2D eigenvalue weighted by atomic mass is 19.1. The van der Waals surface area contributed by atoms with Gasteiger partial charge in [0.1, 0.15) is 5.82 Å². The van der Waals surface area contributed by atoms with Crippen LogP contribution in [0.3, 0.4) is 0 Å². The fourth-order valence-corrected chi connectivity index (χ4v) is 0.656. The van der Waals surface area contributed by atoms with E-state index in [1.54, 1.807) is 6.92 Å². The van der Waals surface area contributed by atoms with E-state index in [-0.39, 0.29) is 5.82 Å². The third-order valence-electron chi connectivity index (χ3n) is 1.29. The maximum absolute atomic E-state index is 12.3. The van der Waals surface area contributed by atoms with Crippen LogP contribution in [0.15, 0.2) is 23.4 Å². The van der Waals surface area contributed by atoms with Gasteiger partial charge >= 0.3 is 0 Å². The van der Waals surface area contributed by atoms with Gasteiger partial charge in [-0.3, -0.25) is 4.98 Å². The molecule has 3 nitrogen and oxygen atoms in total. The van der Waals surface area contributed by atoms with Crippen LogP contribution < -0.4 is 5.84 Å². The molecular formula is C7H8FN3. The van der Waals surface area contributed by atoms with Crippen molar-refractivity contribution in [3.8, 4) is 0 Å². The number of pyridine rings is 1. The first-order valence-electron chi connectivity index (χ1n) is 3.10. The predicted octanol–water partition coefficient (Wildman–Crippen LogP) is 0.903. The van der Waals surface area contributed by atoms with E-state index >= 15 is 0 Å². The lowest BCUT2D eigenvalue weighted by molar-refractivity contribution is 0.621. The van der Waals surface area contributed by atoms with Crippen molar-refractivity contribution < 1.29 is 4.39 Å². The molecule has 2 N–H and O–H groups in total. The van der Waals surface area contributed by atoms with Crippen LogP contribution in [-0.4, -0.2) is 10.7 Å². The first kappa shape index (κ1) is 7.65. The molecule has 1 heterocycles. The van der Waals surface area contributed by atoms with Gasteiger partial charge in [-0.25, -0.2) is 4.39 Å². The summed E-state index contributed by atoms with van der Waals surface area (Å²) in [6.07, 6.45) is 1.13. The molecule has 0 aliphatic rings. The molecule has 1 aromatic heterocycles. The molecule has 58 valence electrons. The lowest BCUT2D eigenvalue weighted by Gasteiger charge is -1.95. The Morgan fingerprint density at radius 3 is 2.82 bits per heavy atom. The van der Waals surface area contributed by atoms with Crippen molar-refractivity contribution in [2.24, 2.45) is 10.9 Å². The second-order valence-corrected chi connectivity index (χ2v) is 2.08. The molecule has 0 saturated heterocycles. The number of rotatable bonds is 1. The van der Waals surface area contributed by atoms with Crippen LogP contribution in [0, 0.1) is 5.82 Å². The van der Waals surface area contributed by atoms with Crippen molar-refractivity contribution in [2.75, 3.05) is 0 Å². The van der Waals surface area contributed by atoms with E-state index in [2.05, 4.69) is 10.1 Å². The van der Waals surface area contributed by atoms with Gasteiger partial charge < -0.3 is 5.84 Å². The van der Waals surface area contributed by atoms with E-state index in [1.807, 2.05) is 0 Å². The molecule has 0 spiro atoms. The fourth-order valence-electron chi connectivity index (χ4n) is 0.656. The molecule has 1 aromatic rings. The summed E-state index contributed by atoms with van der Waals surface area (Å²) in [7, 11) is 0. The SMILES string of the molecule is C/C(=N/N)c1ccc(F)cn1. The maximum Gasteiger partial charge on any atom is 0.141 e. The van der Waals surface area contributed by atoms with Crippen molar-refractivity contribution in [1.29, 1.82) is 0 Å². The molecule has 4 heteroatoms. The van der Waals surface area contributed by atoms with Crippen LogP contribution in [0.25, 0.3) is 0 Å². The van der Waals surface area contributed by atoms with Gasteiger partial charge in [0, 0.05) is 0 Å². The van der Waals surface area contributed by atoms with Gasteiger partial charge in [0.05, 0.1) is 17.6 Å². The van der Waals surface area contributed by atoms with Gasteiger partial charge in [-0.1, -0.05) is 0 Å². The van der Waals surface area contributed by atoms with E-state index in [4.69, 9.17) is 5.84 Å². The van der Waals surface area contributed by atoms with Crippen LogP contribution in [0.4, 0.5) is 4.39 Å². The largest absolute Gasteiger partial charge is 0.323 e. The molecule has 0 radical (unpaired) electrons. The highest BCUT2D eigenvalue weighted by Gasteiger charge is 1.97. The van der Waals surface area contributed by atoms with Gasteiger partial charge in [0.2, 0.25) is 0 Å². The number of nitrogens with zero attached hydrogens (tertiary/aromatic N) is 2. The van der Waals surface area contributed by atoms with Gasteiger partial charge in [-0.05, 0) is 19.1 Å². The first-order valence-corrected chi connectivity index (χ1v) is 3.10. The number of hydrazone groups is 1. The second kappa shape index (κ2) is 3.09. The van der Waals surface area contributed by atoms with Crippen LogP contribution in [0.1, 0.15) is 12.6 Å². The minimum atomic E-state index is -0.362. The summed E-state index contributed by atoms with van der Waals surface area (Å²) in [5.41, 5.74) is 1.18. The Labute approximate surface area is 63.8 Å². The fraction of sp³-hybridized carbons (Fsp3) is 0.143. The zero-order valence-corrected chi connectivity index (χ0v) is 6.08. The highest BCUT2D eigenvalue weighted by Crippen LogP contribution is 1.98. The first-order chi connectivity index (χ1) is 5.24. The van der Waals surface area contributed by atoms with Crippen LogP contribution in [0.2, 0.25) is 0 Å². The summed E-state index contributed by atoms with van der Waals surface area (Å²) >= 11 is 0. The average molecular weight is 153 g/mol. The molecule has 0 atom stereocenters. The smallest absolute Gasteiger partial charge is 0.141 e. The van der Waals surface area contributed by atoms with E-state index in [0.29, 0.717) is 11.4 Å². The Bertz CT molecular complexity index is 266. The molecule has 0 aliphatic heterocycles. The quantitative estimate of drug-likeness (QED) is 0.370. The molecule has 0 saturated carbocycles. The monoisotopic (exact) mass is 153 g/mol. The molecular weight excluding hydrogens is 145 g/mol. The van der Waals surface area contributed by atoms with E-state index in [0.717, 1.165) is 6.20 Å². The lowest BCUT2D eigenvalue weighted by atomic mass is 10.2. The van der Waals surface area contributed by atoms with Crippen molar-refractivity contribution in [3.05, 3.63) is 29.8 Å². The molecule has 0 aromatic carbocycles. The molecule has 1 rings (SSSR count). The topological polar surface area (TPSA) is 51.3 Å². The molecule has 0 bridgehead atoms. The molecule has 0 amide bonds. The molecule has 0 unspecified atom stereocenters. The Balaban J connectivity index is 2.99. The van der Waals surface area contributed by atoms with Crippen LogP contribution in [-0.2, 0) is 0 Å². The standard InChI is InChI=1S/C7H8FN3/c1-5(11-9)7-3-2-6(8)4-10-7/h2-4H,9H2,1H3/b11-5-. The lowest BCUT2D eigenvalue weighted by Crippen LogP contribution is -2.01. The Kier molecular flexibility index (Phi) is 2.15. The van der Waals surface area contributed by atoms with Crippen LogP contribution in [0.5, 0.6) is 0 Å². The minimum Gasteiger partial charge on any atom is -0.323 e. The highest BCUT2D eigenvalue weighted by molar-refractivity contribution is 5.96. The number of halogens is 1. The predicted molar refractivity (Wildman–Crippen MR) is 40.6 cm³/mol. The summed E-state index contributed by atoms with van der Waals surface area (Å²) in [6.45, 7) is 1.71. The number of hydrogen-bond acceptors (Lipinski definition) is 3. The van der Waals surface area contributed by atoms with Gasteiger partial charge in [0.25, 0.3) is 0 Å². The van der Waals surface area contributed by atoms with Crippen molar-refractivity contribution in [3.63, 3.8) is 0 Å². The Morgan fingerprint density at radius 2 is 2.36 bits per heavy atom. The zero-order chi connectivity index (χ0) is 8.27. The Hall–Kier alpha value is -1.45. The third-order valence-corrected chi connectivity index (χ3v) is 1.29. The van der Waals surface area contributed by atoms with Gasteiger partial charge in [0.15, 0.2) is 0 Å². The Morgan fingerprint density at radius 1 is 1.64 bits per heavy atom. The van der Waals surface area contributed by atoms with E-state index in [9.17, 15) is 4.39 Å². The van der Waals surface area contributed by atoms with Gasteiger partial charge in [-0.2, -0.15) is 5.10 Å². The molecule has 0 aliphatic carbocycles. The third kappa shape index (κ3) is 1.73. The number of nitrogens with two attached hydrogens (primary N) is 1. The number of aromatic nitrogens is 1. The van der Waals surface area contributed by atoms with Crippen molar-refractivity contribution >= 4 is 5.71 Å². The summed E-state index contributed by atoms with van der Waals surface area (Å²) < 4.78 is 12.3. The normalized spacial score (nSPS) is 11.6. The summed E-state index contributed by atoms with van der Waals surface area (Å²) in [5, 5.41) is 3.42. The molecule has 11 heavy (non-hydrogen) atoms. The average Bonchev–Trinajstić information content (AvgIpc) is 2.05. The summed E-state index contributed by atoms with van der Waals surface area (Å²) in [6, 6.07) is 2.85. The zero-order valence-electron chi connectivity index (χ0n) is 6.08. The maximum atomic E-state index is 12.3. The van der Waals surface area contributed by atoms with E-state index < -0.39 is 0 Å². The second-order valence-electron chi connectivity index (χ2n) is 2.08. The minimum absolute atomic E-state index is 0.362.